The molecule has 1 N–H and O–H groups in total. The minimum atomic E-state index is -0.170. The molecule has 4 nitrogen and oxygen atoms in total. The van der Waals surface area contributed by atoms with E-state index in [0.29, 0.717) is 12.0 Å². The van der Waals surface area contributed by atoms with E-state index < -0.39 is 0 Å². The van der Waals surface area contributed by atoms with Crippen LogP contribution in [0.25, 0.3) is 0 Å². The molecule has 0 saturated carbocycles. The largest absolute Gasteiger partial charge is 0.346 e. The Labute approximate surface area is 135 Å². The molecule has 0 aliphatic carbocycles. The minimum Gasteiger partial charge on any atom is -0.346 e. The fourth-order valence-corrected chi connectivity index (χ4v) is 3.00. The van der Waals surface area contributed by atoms with E-state index in [-0.39, 0.29) is 5.82 Å². The highest BCUT2D eigenvalue weighted by Crippen LogP contribution is 2.19. The molecule has 0 aliphatic rings. The Balaban J connectivity index is 2.01. The van der Waals surface area contributed by atoms with Gasteiger partial charge in [0.1, 0.15) is 11.6 Å². The summed E-state index contributed by atoms with van der Waals surface area (Å²) in [4.78, 5) is 6.84. The van der Waals surface area contributed by atoms with E-state index in [9.17, 15) is 4.39 Å². The zero-order valence-corrected chi connectivity index (χ0v) is 14.2. The standard InChI is InChI=1S/C16H23FN4S/c1-4-18-8-9-21(5-2)16-19-15(20-22-16)11-13-6-7-14(17)12(3)10-13/h6-7,10,18H,4-5,8-9,11H2,1-3H3. The van der Waals surface area contributed by atoms with Crippen LogP contribution in [0.15, 0.2) is 18.2 Å². The quantitative estimate of drug-likeness (QED) is 0.759. The van der Waals surface area contributed by atoms with Crippen LogP contribution in [0, 0.1) is 12.7 Å². The van der Waals surface area contributed by atoms with Gasteiger partial charge in [0.25, 0.3) is 0 Å². The highest BCUT2D eigenvalue weighted by atomic mass is 32.1. The van der Waals surface area contributed by atoms with Crippen molar-refractivity contribution in [3.8, 4) is 0 Å². The van der Waals surface area contributed by atoms with Gasteiger partial charge >= 0.3 is 0 Å². The number of aromatic nitrogens is 2. The van der Waals surface area contributed by atoms with E-state index in [0.717, 1.165) is 42.7 Å². The fraction of sp³-hybridized carbons (Fsp3) is 0.500. The average Bonchev–Trinajstić information content (AvgIpc) is 2.96. The molecule has 2 rings (SSSR count). The van der Waals surface area contributed by atoms with E-state index >= 15 is 0 Å². The van der Waals surface area contributed by atoms with Crippen LogP contribution in [0.3, 0.4) is 0 Å². The average molecular weight is 322 g/mol. The van der Waals surface area contributed by atoms with E-state index in [2.05, 4.69) is 33.4 Å². The highest BCUT2D eigenvalue weighted by molar-refractivity contribution is 7.09. The molecule has 1 aromatic heterocycles. The number of halogens is 1. The first-order chi connectivity index (χ1) is 10.6. The summed E-state index contributed by atoms with van der Waals surface area (Å²) in [6, 6.07) is 5.16. The van der Waals surface area contributed by atoms with Gasteiger partial charge in [-0.05, 0) is 37.6 Å². The molecule has 1 heterocycles. The van der Waals surface area contributed by atoms with Crippen LogP contribution in [0.2, 0.25) is 0 Å². The molecule has 0 fully saturated rings. The van der Waals surface area contributed by atoms with Gasteiger partial charge in [-0.1, -0.05) is 19.1 Å². The van der Waals surface area contributed by atoms with E-state index in [1.807, 2.05) is 6.07 Å². The molecule has 0 spiro atoms. The molecule has 0 aliphatic heterocycles. The number of nitrogens with one attached hydrogen (secondary N) is 1. The molecule has 0 amide bonds. The van der Waals surface area contributed by atoms with Crippen molar-refractivity contribution in [2.24, 2.45) is 0 Å². The Kier molecular flexibility index (Phi) is 6.27. The SMILES string of the molecule is CCNCCN(CC)c1nc(Cc2ccc(F)c(C)c2)ns1. The van der Waals surface area contributed by atoms with Gasteiger partial charge in [-0.25, -0.2) is 9.37 Å². The van der Waals surface area contributed by atoms with Gasteiger partial charge in [-0.15, -0.1) is 0 Å². The van der Waals surface area contributed by atoms with Crippen molar-refractivity contribution in [2.75, 3.05) is 31.1 Å². The maximum absolute atomic E-state index is 13.3. The fourth-order valence-electron chi connectivity index (χ4n) is 2.22. The maximum Gasteiger partial charge on any atom is 0.205 e. The van der Waals surface area contributed by atoms with E-state index in [4.69, 9.17) is 0 Å². The van der Waals surface area contributed by atoms with Crippen LogP contribution < -0.4 is 10.2 Å². The van der Waals surface area contributed by atoms with Gasteiger partial charge in [0.2, 0.25) is 5.13 Å². The van der Waals surface area contributed by atoms with Gasteiger partial charge in [0, 0.05) is 37.6 Å². The zero-order valence-electron chi connectivity index (χ0n) is 13.4. The zero-order chi connectivity index (χ0) is 15.9. The third kappa shape index (κ3) is 4.48. The third-order valence-electron chi connectivity index (χ3n) is 3.50. The number of hydrogen-bond donors (Lipinski definition) is 1. The molecule has 0 unspecified atom stereocenters. The number of anilines is 1. The van der Waals surface area contributed by atoms with Gasteiger partial charge < -0.3 is 10.2 Å². The van der Waals surface area contributed by atoms with E-state index in [1.165, 1.54) is 17.6 Å². The van der Waals surface area contributed by atoms with Crippen LogP contribution in [0.4, 0.5) is 9.52 Å². The Hall–Kier alpha value is -1.53. The molecule has 6 heteroatoms. The van der Waals surface area contributed by atoms with Crippen molar-refractivity contribution in [1.82, 2.24) is 14.7 Å². The molecule has 2 aromatic rings. The first-order valence-corrected chi connectivity index (χ1v) is 8.44. The Bertz CT molecular complexity index is 600. The third-order valence-corrected chi connectivity index (χ3v) is 4.32. The van der Waals surface area contributed by atoms with Crippen molar-refractivity contribution in [1.29, 1.82) is 0 Å². The minimum absolute atomic E-state index is 0.170. The topological polar surface area (TPSA) is 41.0 Å². The van der Waals surface area contributed by atoms with Gasteiger partial charge in [-0.2, -0.15) is 4.37 Å². The van der Waals surface area contributed by atoms with Gasteiger partial charge in [-0.3, -0.25) is 0 Å². The molecular formula is C16H23FN4S. The summed E-state index contributed by atoms with van der Waals surface area (Å²) >= 11 is 1.43. The molecule has 120 valence electrons. The van der Waals surface area contributed by atoms with Crippen molar-refractivity contribution in [3.05, 3.63) is 41.0 Å². The number of aryl methyl sites for hydroxylation is 1. The molecule has 0 bridgehead atoms. The van der Waals surface area contributed by atoms with Crippen LogP contribution in [-0.4, -0.2) is 35.5 Å². The predicted octanol–water partition coefficient (Wildman–Crippen LogP) is 3.01. The van der Waals surface area contributed by atoms with Crippen molar-refractivity contribution in [2.45, 2.75) is 27.2 Å². The summed E-state index contributed by atoms with van der Waals surface area (Å²) in [6.45, 7) is 9.75. The van der Waals surface area contributed by atoms with Crippen molar-refractivity contribution >= 4 is 16.7 Å². The molecule has 0 saturated heterocycles. The number of hydrogen-bond acceptors (Lipinski definition) is 5. The smallest absolute Gasteiger partial charge is 0.205 e. The molecule has 1 aromatic carbocycles. The first kappa shape index (κ1) is 16.8. The van der Waals surface area contributed by atoms with Crippen molar-refractivity contribution in [3.63, 3.8) is 0 Å². The summed E-state index contributed by atoms with van der Waals surface area (Å²) in [5.41, 5.74) is 1.70. The second-order valence-electron chi connectivity index (χ2n) is 5.19. The lowest BCUT2D eigenvalue weighted by atomic mass is 10.1. The Morgan fingerprint density at radius 3 is 2.82 bits per heavy atom. The summed E-state index contributed by atoms with van der Waals surface area (Å²) in [7, 11) is 0. The summed E-state index contributed by atoms with van der Waals surface area (Å²) in [6.07, 6.45) is 0.641. The Morgan fingerprint density at radius 1 is 1.32 bits per heavy atom. The molecule has 0 radical (unpaired) electrons. The summed E-state index contributed by atoms with van der Waals surface area (Å²) in [5, 5.41) is 4.27. The number of nitrogens with zero attached hydrogens (tertiary/aromatic N) is 3. The predicted molar refractivity (Wildman–Crippen MR) is 90.3 cm³/mol. The second kappa shape index (κ2) is 8.19. The molecular weight excluding hydrogens is 299 g/mol. The van der Waals surface area contributed by atoms with Gasteiger partial charge in [0.15, 0.2) is 0 Å². The van der Waals surface area contributed by atoms with Crippen LogP contribution >= 0.6 is 11.5 Å². The first-order valence-electron chi connectivity index (χ1n) is 7.67. The van der Waals surface area contributed by atoms with Crippen molar-refractivity contribution < 1.29 is 4.39 Å². The number of likely N-dealkylation sites (N-methyl/N-ethyl adjacent to an activating group) is 2. The monoisotopic (exact) mass is 322 g/mol. The normalized spacial score (nSPS) is 10.9. The van der Waals surface area contributed by atoms with Crippen LogP contribution in [0.1, 0.15) is 30.8 Å². The Morgan fingerprint density at radius 2 is 2.14 bits per heavy atom. The van der Waals surface area contributed by atoms with Crippen LogP contribution in [0.5, 0.6) is 0 Å². The molecule has 22 heavy (non-hydrogen) atoms. The summed E-state index contributed by atoms with van der Waals surface area (Å²) < 4.78 is 17.7. The van der Waals surface area contributed by atoms with E-state index in [1.54, 1.807) is 13.0 Å². The number of rotatable bonds is 8. The number of benzene rings is 1. The maximum atomic E-state index is 13.3. The van der Waals surface area contributed by atoms with Crippen LogP contribution in [-0.2, 0) is 6.42 Å². The lowest BCUT2D eigenvalue weighted by Crippen LogP contribution is -2.31. The highest BCUT2D eigenvalue weighted by Gasteiger charge is 2.11. The summed E-state index contributed by atoms with van der Waals surface area (Å²) in [5.74, 6) is 0.629. The van der Waals surface area contributed by atoms with Gasteiger partial charge in [0.05, 0.1) is 0 Å². The lowest BCUT2D eigenvalue weighted by Gasteiger charge is -2.18. The lowest BCUT2D eigenvalue weighted by molar-refractivity contribution is 0.617. The second-order valence-corrected chi connectivity index (χ2v) is 5.92. The molecule has 0 atom stereocenters.